The molecule has 0 aromatic carbocycles. The molecule has 0 aliphatic rings. The summed E-state index contributed by atoms with van der Waals surface area (Å²) < 4.78 is 13.5. The highest BCUT2D eigenvalue weighted by atomic mass is 79.9. The molecule has 1 N–H and O–H groups in total. The number of ether oxygens (including phenoxy) is 2. The normalized spacial score (nSPS) is 12.9. The highest BCUT2D eigenvalue weighted by Crippen LogP contribution is 2.25. The highest BCUT2D eigenvalue weighted by molar-refractivity contribution is 9.10. The summed E-state index contributed by atoms with van der Waals surface area (Å²) in [6.45, 7) is 4.91. The second kappa shape index (κ2) is 8.63. The van der Waals surface area contributed by atoms with Gasteiger partial charge in [-0.25, -0.2) is 0 Å². The lowest BCUT2D eigenvalue weighted by molar-refractivity contribution is 0.135. The van der Waals surface area contributed by atoms with E-state index in [2.05, 4.69) is 26.3 Å². The molecule has 1 aromatic rings. The van der Waals surface area contributed by atoms with Gasteiger partial charge in [0, 0.05) is 20.3 Å². The molecule has 1 heterocycles. The van der Waals surface area contributed by atoms with E-state index in [-0.39, 0.29) is 6.04 Å². The predicted octanol–water partition coefficient (Wildman–Crippen LogP) is 1.98. The molecule has 0 saturated carbocycles. The summed E-state index contributed by atoms with van der Waals surface area (Å²) in [6, 6.07) is 0.227. The monoisotopic (exact) mass is 319 g/mol. The van der Waals surface area contributed by atoms with E-state index in [0.29, 0.717) is 6.61 Å². The molecule has 1 unspecified atom stereocenters. The Hall–Kier alpha value is -0.430. The zero-order chi connectivity index (χ0) is 13.4. The summed E-state index contributed by atoms with van der Waals surface area (Å²) in [5.41, 5.74) is 1.15. The smallest absolute Gasteiger partial charge is 0.0697 e. The molecule has 0 amide bonds. The van der Waals surface area contributed by atoms with E-state index in [4.69, 9.17) is 9.47 Å². The SMILES string of the molecule is CCOCCC(NC)c1c(Br)cnn1CCOC. The van der Waals surface area contributed by atoms with Crippen LogP contribution in [0.3, 0.4) is 0 Å². The molecule has 18 heavy (non-hydrogen) atoms. The first-order chi connectivity index (χ1) is 8.74. The molecule has 1 aromatic heterocycles. The maximum atomic E-state index is 5.42. The van der Waals surface area contributed by atoms with Crippen molar-refractivity contribution in [2.45, 2.75) is 25.9 Å². The molecule has 5 nitrogen and oxygen atoms in total. The Morgan fingerprint density at radius 2 is 2.28 bits per heavy atom. The largest absolute Gasteiger partial charge is 0.383 e. The molecule has 0 saturated heterocycles. The van der Waals surface area contributed by atoms with Crippen LogP contribution in [-0.2, 0) is 16.0 Å². The topological polar surface area (TPSA) is 48.3 Å². The second-order valence-corrected chi connectivity index (χ2v) is 4.77. The van der Waals surface area contributed by atoms with Gasteiger partial charge in [-0.2, -0.15) is 5.10 Å². The van der Waals surface area contributed by atoms with Crippen molar-refractivity contribution in [1.29, 1.82) is 0 Å². The predicted molar refractivity (Wildman–Crippen MR) is 74.7 cm³/mol. The van der Waals surface area contributed by atoms with Crippen molar-refractivity contribution >= 4 is 15.9 Å². The van der Waals surface area contributed by atoms with Gasteiger partial charge in [-0.1, -0.05) is 0 Å². The molecule has 104 valence electrons. The first-order valence-electron chi connectivity index (χ1n) is 6.19. The number of nitrogens with one attached hydrogen (secondary N) is 1. The van der Waals surface area contributed by atoms with Gasteiger partial charge in [0.2, 0.25) is 0 Å². The minimum absolute atomic E-state index is 0.227. The molecule has 0 fully saturated rings. The van der Waals surface area contributed by atoms with E-state index in [1.807, 2.05) is 24.9 Å². The zero-order valence-electron chi connectivity index (χ0n) is 11.3. The van der Waals surface area contributed by atoms with Gasteiger partial charge < -0.3 is 14.8 Å². The van der Waals surface area contributed by atoms with Crippen LogP contribution in [0.4, 0.5) is 0 Å². The fourth-order valence-corrected chi connectivity index (χ4v) is 2.41. The van der Waals surface area contributed by atoms with Crippen LogP contribution in [0.25, 0.3) is 0 Å². The van der Waals surface area contributed by atoms with E-state index in [0.717, 1.165) is 36.3 Å². The van der Waals surface area contributed by atoms with Crippen molar-refractivity contribution in [3.63, 3.8) is 0 Å². The molecule has 0 radical (unpaired) electrons. The van der Waals surface area contributed by atoms with E-state index < -0.39 is 0 Å². The minimum atomic E-state index is 0.227. The van der Waals surface area contributed by atoms with Crippen LogP contribution >= 0.6 is 15.9 Å². The van der Waals surface area contributed by atoms with Crippen LogP contribution in [0.5, 0.6) is 0 Å². The second-order valence-electron chi connectivity index (χ2n) is 3.92. The summed E-state index contributed by atoms with van der Waals surface area (Å²) in [5.74, 6) is 0. The van der Waals surface area contributed by atoms with E-state index in [9.17, 15) is 0 Å². The summed E-state index contributed by atoms with van der Waals surface area (Å²) in [6.07, 6.45) is 2.75. The van der Waals surface area contributed by atoms with Crippen LogP contribution < -0.4 is 5.32 Å². The van der Waals surface area contributed by atoms with Crippen molar-refractivity contribution in [2.75, 3.05) is 34.0 Å². The number of aromatic nitrogens is 2. The third-order valence-electron chi connectivity index (χ3n) is 2.77. The molecular formula is C12H22BrN3O2. The van der Waals surface area contributed by atoms with Gasteiger partial charge in [0.15, 0.2) is 0 Å². The number of nitrogens with zero attached hydrogens (tertiary/aromatic N) is 2. The third kappa shape index (κ3) is 4.35. The summed E-state index contributed by atoms with van der Waals surface area (Å²) >= 11 is 3.55. The van der Waals surface area contributed by atoms with Crippen LogP contribution in [-0.4, -0.2) is 43.8 Å². The summed E-state index contributed by atoms with van der Waals surface area (Å²) in [7, 11) is 3.65. The number of methoxy groups -OCH3 is 1. The lowest BCUT2D eigenvalue weighted by Crippen LogP contribution is -2.23. The Labute approximate surface area is 117 Å². The Kier molecular flexibility index (Phi) is 7.50. The Morgan fingerprint density at radius 3 is 2.89 bits per heavy atom. The maximum absolute atomic E-state index is 5.42. The molecule has 6 heteroatoms. The first kappa shape index (κ1) is 15.6. The van der Waals surface area contributed by atoms with E-state index in [1.165, 1.54) is 0 Å². The van der Waals surface area contributed by atoms with Crippen LogP contribution in [0.15, 0.2) is 10.7 Å². The number of hydrogen-bond donors (Lipinski definition) is 1. The van der Waals surface area contributed by atoms with Gasteiger partial charge in [0.25, 0.3) is 0 Å². The fourth-order valence-electron chi connectivity index (χ4n) is 1.84. The van der Waals surface area contributed by atoms with Gasteiger partial charge in [-0.3, -0.25) is 4.68 Å². The standard InChI is InChI=1S/C12H22BrN3O2/c1-4-18-7-5-11(14-2)12-10(13)9-15-16(12)6-8-17-3/h9,11,14H,4-8H2,1-3H3. The van der Waals surface area contributed by atoms with Gasteiger partial charge in [0.1, 0.15) is 0 Å². The first-order valence-corrected chi connectivity index (χ1v) is 6.99. The average molecular weight is 320 g/mol. The van der Waals surface area contributed by atoms with E-state index in [1.54, 1.807) is 7.11 Å². The van der Waals surface area contributed by atoms with Crippen LogP contribution in [0.1, 0.15) is 25.1 Å². The molecule has 0 aliphatic carbocycles. The van der Waals surface area contributed by atoms with Crippen molar-refractivity contribution in [1.82, 2.24) is 15.1 Å². The Bertz CT molecular complexity index is 344. The van der Waals surface area contributed by atoms with Gasteiger partial charge >= 0.3 is 0 Å². The quantitative estimate of drug-likeness (QED) is 0.707. The molecule has 1 rings (SSSR count). The molecule has 0 bridgehead atoms. The zero-order valence-corrected chi connectivity index (χ0v) is 12.9. The van der Waals surface area contributed by atoms with Crippen molar-refractivity contribution in [3.05, 3.63) is 16.4 Å². The highest BCUT2D eigenvalue weighted by Gasteiger charge is 2.18. The maximum Gasteiger partial charge on any atom is 0.0697 e. The third-order valence-corrected chi connectivity index (χ3v) is 3.38. The number of hydrogen-bond acceptors (Lipinski definition) is 4. The van der Waals surface area contributed by atoms with Crippen molar-refractivity contribution in [3.8, 4) is 0 Å². The molecular weight excluding hydrogens is 298 g/mol. The molecule has 0 spiro atoms. The lowest BCUT2D eigenvalue weighted by atomic mass is 10.1. The Balaban J connectivity index is 2.73. The number of halogens is 1. The van der Waals surface area contributed by atoms with Crippen molar-refractivity contribution < 1.29 is 9.47 Å². The lowest BCUT2D eigenvalue weighted by Gasteiger charge is -2.18. The number of rotatable bonds is 9. The van der Waals surface area contributed by atoms with Gasteiger partial charge in [-0.05, 0) is 36.3 Å². The van der Waals surface area contributed by atoms with Crippen molar-refractivity contribution in [2.24, 2.45) is 0 Å². The van der Waals surface area contributed by atoms with Crippen LogP contribution in [0.2, 0.25) is 0 Å². The van der Waals surface area contributed by atoms with Gasteiger partial charge in [0.05, 0.1) is 35.6 Å². The summed E-state index contributed by atoms with van der Waals surface area (Å²) in [5, 5.41) is 7.67. The van der Waals surface area contributed by atoms with Crippen LogP contribution in [0, 0.1) is 0 Å². The average Bonchev–Trinajstić information content (AvgIpc) is 2.74. The minimum Gasteiger partial charge on any atom is -0.383 e. The fraction of sp³-hybridized carbons (Fsp3) is 0.750. The molecule has 1 atom stereocenters. The summed E-state index contributed by atoms with van der Waals surface area (Å²) in [4.78, 5) is 0. The van der Waals surface area contributed by atoms with Gasteiger partial charge in [-0.15, -0.1) is 0 Å². The van der Waals surface area contributed by atoms with E-state index >= 15 is 0 Å². The Morgan fingerprint density at radius 1 is 1.50 bits per heavy atom. The molecule has 0 aliphatic heterocycles.